The van der Waals surface area contributed by atoms with Crippen LogP contribution in [-0.2, 0) is 20.7 Å². The van der Waals surface area contributed by atoms with E-state index in [1.165, 1.54) is 42.5 Å². The first-order valence-electron chi connectivity index (χ1n) is 8.34. The smallest absolute Gasteiger partial charge is 0.348 e. The molecule has 0 saturated carbocycles. The molecule has 1 atom stereocenters. The van der Waals surface area contributed by atoms with E-state index in [9.17, 15) is 35.1 Å². The van der Waals surface area contributed by atoms with E-state index < -0.39 is 23.3 Å². The van der Waals surface area contributed by atoms with Crippen LogP contribution >= 0.6 is 0 Å². The first-order chi connectivity index (χ1) is 13.2. The van der Waals surface area contributed by atoms with Gasteiger partial charge in [0.15, 0.2) is 23.0 Å². The van der Waals surface area contributed by atoms with Gasteiger partial charge < -0.3 is 30.3 Å². The molecule has 0 unspecified atom stereocenters. The number of carboxylic acid groups (broad SMARTS) is 1. The molecular formula is C20H20O8. The maximum absolute atomic E-state index is 12.2. The molecule has 148 valence electrons. The third-order valence-corrected chi connectivity index (χ3v) is 4.20. The number of hydrogen-bond donors (Lipinski definition) is 5. The Bertz CT molecular complexity index is 918. The number of phenolic OH excluding ortho intramolecular Hbond substituents is 4. The second-order valence-corrected chi connectivity index (χ2v) is 6.16. The van der Waals surface area contributed by atoms with Crippen LogP contribution in [0.15, 0.2) is 42.5 Å². The lowest BCUT2D eigenvalue weighted by molar-refractivity contribution is -0.175. The summed E-state index contributed by atoms with van der Waals surface area (Å²) in [7, 11) is 0. The van der Waals surface area contributed by atoms with E-state index in [-0.39, 0.29) is 30.1 Å². The van der Waals surface area contributed by atoms with Gasteiger partial charge in [-0.1, -0.05) is 19.1 Å². The van der Waals surface area contributed by atoms with Crippen molar-refractivity contribution in [2.75, 3.05) is 0 Å². The van der Waals surface area contributed by atoms with Crippen molar-refractivity contribution in [2.24, 2.45) is 0 Å². The van der Waals surface area contributed by atoms with Gasteiger partial charge in [0, 0.05) is 12.5 Å². The fourth-order valence-electron chi connectivity index (χ4n) is 2.55. The van der Waals surface area contributed by atoms with E-state index in [0.717, 1.165) is 6.08 Å². The van der Waals surface area contributed by atoms with Crippen LogP contribution < -0.4 is 0 Å². The second-order valence-electron chi connectivity index (χ2n) is 6.16. The number of carboxylic acids is 1. The monoisotopic (exact) mass is 388 g/mol. The van der Waals surface area contributed by atoms with Crippen LogP contribution in [0.25, 0.3) is 6.08 Å². The maximum atomic E-state index is 12.2. The lowest BCUT2D eigenvalue weighted by atomic mass is 9.91. The number of rotatable bonds is 7. The molecule has 0 fully saturated rings. The molecule has 0 aromatic heterocycles. The fraction of sp³-hybridized carbons (Fsp3) is 0.200. The Hall–Kier alpha value is -3.68. The van der Waals surface area contributed by atoms with Gasteiger partial charge in [0.2, 0.25) is 5.60 Å². The highest BCUT2D eigenvalue weighted by molar-refractivity contribution is 5.90. The minimum atomic E-state index is -1.87. The molecule has 2 aromatic rings. The van der Waals surface area contributed by atoms with Crippen molar-refractivity contribution < 1.29 is 39.9 Å². The zero-order valence-corrected chi connectivity index (χ0v) is 15.0. The Labute approximate surface area is 160 Å². The summed E-state index contributed by atoms with van der Waals surface area (Å²) in [5.74, 6) is -3.71. The predicted octanol–water partition coefficient (Wildman–Crippen LogP) is 2.54. The van der Waals surface area contributed by atoms with Crippen molar-refractivity contribution in [2.45, 2.75) is 25.4 Å². The summed E-state index contributed by atoms with van der Waals surface area (Å²) >= 11 is 0. The van der Waals surface area contributed by atoms with Crippen molar-refractivity contribution >= 4 is 18.0 Å². The van der Waals surface area contributed by atoms with Crippen LogP contribution in [0.2, 0.25) is 0 Å². The van der Waals surface area contributed by atoms with Gasteiger partial charge in [-0.2, -0.15) is 0 Å². The zero-order chi connectivity index (χ0) is 20.9. The molecule has 2 rings (SSSR count). The Morgan fingerprint density at radius 2 is 1.57 bits per heavy atom. The van der Waals surface area contributed by atoms with Crippen LogP contribution in [0, 0.1) is 0 Å². The summed E-state index contributed by atoms with van der Waals surface area (Å²) in [5.41, 5.74) is -1.12. The summed E-state index contributed by atoms with van der Waals surface area (Å²) in [6, 6.07) is 7.75. The first kappa shape index (κ1) is 20.6. The number of esters is 1. The van der Waals surface area contributed by atoms with Gasteiger partial charge in [0.1, 0.15) is 0 Å². The van der Waals surface area contributed by atoms with E-state index in [0.29, 0.717) is 11.1 Å². The quantitative estimate of drug-likeness (QED) is 0.276. The number of carbonyl (C=O) groups is 2. The Morgan fingerprint density at radius 1 is 0.964 bits per heavy atom. The lowest BCUT2D eigenvalue weighted by Gasteiger charge is -2.27. The minimum absolute atomic E-state index is 0.0381. The molecule has 0 amide bonds. The Balaban J connectivity index is 2.21. The summed E-state index contributed by atoms with van der Waals surface area (Å²) in [6.07, 6.45) is 2.05. The topological polar surface area (TPSA) is 145 Å². The largest absolute Gasteiger partial charge is 0.504 e. The summed E-state index contributed by atoms with van der Waals surface area (Å²) in [5, 5.41) is 47.3. The fourth-order valence-corrected chi connectivity index (χ4v) is 2.55. The number of ether oxygens (including phenoxy) is 1. The van der Waals surface area contributed by atoms with E-state index >= 15 is 0 Å². The Kier molecular flexibility index (Phi) is 6.15. The van der Waals surface area contributed by atoms with Gasteiger partial charge in [-0.3, -0.25) is 0 Å². The highest BCUT2D eigenvalue weighted by atomic mass is 16.6. The number of phenols is 4. The van der Waals surface area contributed by atoms with Gasteiger partial charge >= 0.3 is 11.9 Å². The third kappa shape index (κ3) is 4.73. The van der Waals surface area contributed by atoms with Crippen molar-refractivity contribution in [3.8, 4) is 23.0 Å². The van der Waals surface area contributed by atoms with Crippen LogP contribution in [0.3, 0.4) is 0 Å². The Morgan fingerprint density at radius 3 is 2.11 bits per heavy atom. The molecule has 0 spiro atoms. The number of hydrogen-bond acceptors (Lipinski definition) is 7. The molecule has 0 heterocycles. The van der Waals surface area contributed by atoms with E-state index in [2.05, 4.69) is 0 Å². The van der Waals surface area contributed by atoms with Crippen molar-refractivity contribution in [3.05, 3.63) is 53.6 Å². The maximum Gasteiger partial charge on any atom is 0.348 e. The molecule has 0 radical (unpaired) electrons. The standard InChI is InChI=1S/C20H20O8/c1-2-20(19(26)27,11-13-4-7-15(22)17(24)10-13)28-18(25)8-5-12-3-6-14(21)16(23)9-12/h3-10,21-24H,2,11H2,1H3,(H,26,27)/t20-/m1/s1. The SMILES string of the molecule is CC[C@](Cc1ccc(O)c(O)c1)(OC(=O)C=Cc1ccc(O)c(O)c1)C(=O)O. The second kappa shape index (κ2) is 8.34. The van der Waals surface area contributed by atoms with E-state index in [4.69, 9.17) is 4.74 Å². The average molecular weight is 388 g/mol. The van der Waals surface area contributed by atoms with Gasteiger partial charge in [-0.25, -0.2) is 9.59 Å². The molecule has 0 aliphatic heterocycles. The van der Waals surface area contributed by atoms with Gasteiger partial charge in [-0.05, 0) is 47.9 Å². The van der Waals surface area contributed by atoms with Crippen molar-refractivity contribution in [1.82, 2.24) is 0 Å². The highest BCUT2D eigenvalue weighted by Crippen LogP contribution is 2.30. The molecule has 8 heteroatoms. The van der Waals surface area contributed by atoms with Crippen LogP contribution in [0.5, 0.6) is 23.0 Å². The van der Waals surface area contributed by atoms with Crippen molar-refractivity contribution in [3.63, 3.8) is 0 Å². The van der Waals surface area contributed by atoms with Crippen LogP contribution in [0.1, 0.15) is 24.5 Å². The molecule has 0 aliphatic carbocycles. The van der Waals surface area contributed by atoms with Gasteiger partial charge in [-0.15, -0.1) is 0 Å². The first-order valence-corrected chi connectivity index (χ1v) is 8.34. The van der Waals surface area contributed by atoms with Crippen molar-refractivity contribution in [1.29, 1.82) is 0 Å². The van der Waals surface area contributed by atoms with Crippen LogP contribution in [-0.4, -0.2) is 43.1 Å². The minimum Gasteiger partial charge on any atom is -0.504 e. The summed E-state index contributed by atoms with van der Waals surface area (Å²) < 4.78 is 5.22. The predicted molar refractivity (Wildman–Crippen MR) is 99.0 cm³/mol. The van der Waals surface area contributed by atoms with E-state index in [1.54, 1.807) is 6.92 Å². The molecule has 0 aliphatic rings. The molecule has 2 aromatic carbocycles. The number of aromatic hydroxyl groups is 4. The normalized spacial score (nSPS) is 13.2. The molecule has 0 saturated heterocycles. The number of carbonyl (C=O) groups excluding carboxylic acids is 1. The molecule has 8 nitrogen and oxygen atoms in total. The molecular weight excluding hydrogens is 368 g/mol. The number of benzene rings is 2. The number of aliphatic carboxylic acids is 1. The molecule has 0 bridgehead atoms. The third-order valence-electron chi connectivity index (χ3n) is 4.20. The van der Waals surface area contributed by atoms with Crippen LogP contribution in [0.4, 0.5) is 0 Å². The van der Waals surface area contributed by atoms with Gasteiger partial charge in [0.25, 0.3) is 0 Å². The van der Waals surface area contributed by atoms with Gasteiger partial charge in [0.05, 0.1) is 0 Å². The highest BCUT2D eigenvalue weighted by Gasteiger charge is 2.41. The molecule has 5 N–H and O–H groups in total. The lowest BCUT2D eigenvalue weighted by Crippen LogP contribution is -2.44. The molecule has 28 heavy (non-hydrogen) atoms. The summed E-state index contributed by atoms with van der Waals surface area (Å²) in [4.78, 5) is 24.0. The average Bonchev–Trinajstić information content (AvgIpc) is 2.65. The zero-order valence-electron chi connectivity index (χ0n) is 15.0. The summed E-state index contributed by atoms with van der Waals surface area (Å²) in [6.45, 7) is 1.55. The van der Waals surface area contributed by atoms with E-state index in [1.807, 2.05) is 0 Å².